The number of hydrogen-bond acceptors (Lipinski definition) is 8. The lowest BCUT2D eigenvalue weighted by atomic mass is 10.3. The van der Waals surface area contributed by atoms with Crippen LogP contribution < -0.4 is 10.1 Å². The van der Waals surface area contributed by atoms with E-state index < -0.39 is 12.3 Å². The quantitative estimate of drug-likeness (QED) is 0.496. The Labute approximate surface area is 164 Å². The number of alkyl halides is 3. The number of carbonyl (C=O) groups excluding carboxylic acids is 1. The van der Waals surface area contributed by atoms with Crippen molar-refractivity contribution in [1.82, 2.24) is 19.5 Å². The van der Waals surface area contributed by atoms with Crippen LogP contribution in [0.2, 0.25) is 0 Å². The summed E-state index contributed by atoms with van der Waals surface area (Å²) in [5.41, 5.74) is 1.78. The largest absolute Gasteiger partial charge is 0.573 e. The molecule has 8 nitrogen and oxygen atoms in total. The molecule has 150 valence electrons. The van der Waals surface area contributed by atoms with Crippen molar-refractivity contribution in [3.63, 3.8) is 0 Å². The fourth-order valence-corrected chi connectivity index (χ4v) is 3.56. The van der Waals surface area contributed by atoms with E-state index in [0.717, 1.165) is 11.3 Å². The maximum atomic E-state index is 12.4. The second-order valence-corrected chi connectivity index (χ2v) is 6.90. The van der Waals surface area contributed by atoms with E-state index in [9.17, 15) is 18.0 Å². The lowest BCUT2D eigenvalue weighted by molar-refractivity contribution is -0.274. The minimum atomic E-state index is -4.76. The van der Waals surface area contributed by atoms with Crippen LogP contribution in [0, 0.1) is 0 Å². The number of rotatable bonds is 4. The van der Waals surface area contributed by atoms with E-state index in [1.807, 2.05) is 0 Å². The summed E-state index contributed by atoms with van der Waals surface area (Å²) in [7, 11) is 3.00. The highest BCUT2D eigenvalue weighted by Crippen LogP contribution is 2.33. The van der Waals surface area contributed by atoms with E-state index in [4.69, 9.17) is 0 Å². The van der Waals surface area contributed by atoms with Gasteiger partial charge < -0.3 is 14.8 Å². The molecule has 0 saturated carbocycles. The fourth-order valence-electron chi connectivity index (χ4n) is 2.67. The molecule has 0 amide bonds. The molecule has 1 aromatic carbocycles. The third-order valence-electron chi connectivity index (χ3n) is 3.94. The first-order valence-electron chi connectivity index (χ1n) is 8.07. The Morgan fingerprint density at radius 1 is 1.21 bits per heavy atom. The molecule has 0 saturated heterocycles. The van der Waals surface area contributed by atoms with E-state index in [2.05, 4.69) is 29.7 Å². The summed E-state index contributed by atoms with van der Waals surface area (Å²) >= 11 is 1.15. The first-order valence-corrected chi connectivity index (χ1v) is 8.89. The van der Waals surface area contributed by atoms with Crippen molar-refractivity contribution >= 4 is 49.8 Å². The molecule has 0 atom stereocenters. The van der Waals surface area contributed by atoms with Crippen LogP contribution in [0.5, 0.6) is 5.75 Å². The molecule has 0 aliphatic carbocycles. The molecule has 0 fully saturated rings. The van der Waals surface area contributed by atoms with E-state index in [0.29, 0.717) is 32.5 Å². The highest BCUT2D eigenvalue weighted by Gasteiger charge is 2.31. The van der Waals surface area contributed by atoms with Gasteiger partial charge in [-0.2, -0.15) is 0 Å². The molecule has 3 aromatic heterocycles. The summed E-state index contributed by atoms with van der Waals surface area (Å²) in [5, 5.41) is 3.45. The molecule has 3 heterocycles. The number of carbonyl (C=O) groups is 1. The average Bonchev–Trinajstić information content (AvgIpc) is 3.19. The number of pyridine rings is 1. The van der Waals surface area contributed by atoms with E-state index in [1.165, 1.54) is 31.5 Å². The summed E-state index contributed by atoms with van der Waals surface area (Å²) < 4.78 is 48.0. The molecule has 0 bridgehead atoms. The first-order chi connectivity index (χ1) is 13.7. The Balaban J connectivity index is 1.64. The number of hydrogen-bond donors (Lipinski definition) is 1. The molecule has 0 unspecified atom stereocenters. The Hall–Kier alpha value is -3.41. The standard InChI is InChI=1S/C17H12F3N5O3S/c1-25-13-11(5-8(7-21-13)14(26)27-2)22-15(25)24-16-23-10-4-3-9(6-12(10)29-16)28-17(18,19)20/h3-7H,1-2H3,(H,22,23,24). The minimum Gasteiger partial charge on any atom is -0.465 e. The van der Waals surface area contributed by atoms with Gasteiger partial charge in [0.15, 0.2) is 10.8 Å². The summed E-state index contributed by atoms with van der Waals surface area (Å²) in [6, 6.07) is 5.47. The zero-order valence-electron chi connectivity index (χ0n) is 14.9. The van der Waals surface area contributed by atoms with E-state index in [-0.39, 0.29) is 11.3 Å². The number of aromatic nitrogens is 4. The van der Waals surface area contributed by atoms with Gasteiger partial charge in [-0.05, 0) is 18.2 Å². The van der Waals surface area contributed by atoms with Crippen LogP contribution in [0.4, 0.5) is 24.3 Å². The first kappa shape index (κ1) is 18.9. The van der Waals surface area contributed by atoms with Gasteiger partial charge in [0.2, 0.25) is 5.95 Å². The van der Waals surface area contributed by atoms with Crippen LogP contribution in [-0.2, 0) is 11.8 Å². The molecule has 0 aliphatic rings. The second-order valence-electron chi connectivity index (χ2n) is 5.87. The van der Waals surface area contributed by atoms with Crippen molar-refractivity contribution < 1.29 is 27.4 Å². The monoisotopic (exact) mass is 423 g/mol. The van der Waals surface area contributed by atoms with Gasteiger partial charge in [0.25, 0.3) is 0 Å². The van der Waals surface area contributed by atoms with E-state index >= 15 is 0 Å². The number of methoxy groups -OCH3 is 1. The molecule has 0 aliphatic heterocycles. The summed E-state index contributed by atoms with van der Waals surface area (Å²) in [4.78, 5) is 24.6. The van der Waals surface area contributed by atoms with Crippen molar-refractivity contribution in [2.75, 3.05) is 12.4 Å². The Morgan fingerprint density at radius 2 is 2.00 bits per heavy atom. The predicted octanol–water partition coefficient (Wildman–Crippen LogP) is 4.01. The Kier molecular flexibility index (Phi) is 4.49. The Morgan fingerprint density at radius 3 is 2.72 bits per heavy atom. The van der Waals surface area contributed by atoms with Crippen molar-refractivity contribution in [3.8, 4) is 5.75 Å². The highest BCUT2D eigenvalue weighted by atomic mass is 32.1. The van der Waals surface area contributed by atoms with Gasteiger partial charge in [-0.1, -0.05) is 11.3 Å². The number of ether oxygens (including phenoxy) is 2. The summed E-state index contributed by atoms with van der Waals surface area (Å²) in [5.74, 6) is -0.439. The van der Waals surface area contributed by atoms with Crippen LogP contribution in [0.15, 0.2) is 30.5 Å². The number of benzene rings is 1. The minimum absolute atomic E-state index is 0.266. The molecule has 29 heavy (non-hydrogen) atoms. The maximum absolute atomic E-state index is 12.4. The van der Waals surface area contributed by atoms with Gasteiger partial charge in [0.1, 0.15) is 11.3 Å². The number of nitrogens with one attached hydrogen (secondary N) is 1. The Bertz CT molecular complexity index is 1230. The van der Waals surface area contributed by atoms with E-state index in [1.54, 1.807) is 17.7 Å². The number of imidazole rings is 1. The molecule has 0 radical (unpaired) electrons. The van der Waals surface area contributed by atoms with Gasteiger partial charge >= 0.3 is 12.3 Å². The summed E-state index contributed by atoms with van der Waals surface area (Å²) in [6.07, 6.45) is -3.37. The SMILES string of the molecule is COC(=O)c1cnc2c(c1)nc(Nc1nc3ccc(OC(F)(F)F)cc3s1)n2C. The van der Waals surface area contributed by atoms with Gasteiger partial charge in [0.05, 0.1) is 22.9 Å². The van der Waals surface area contributed by atoms with Gasteiger partial charge in [-0.25, -0.2) is 19.7 Å². The van der Waals surface area contributed by atoms with Crippen molar-refractivity contribution in [2.45, 2.75) is 6.36 Å². The lowest BCUT2D eigenvalue weighted by Gasteiger charge is -2.07. The second kappa shape index (κ2) is 6.88. The number of aryl methyl sites for hydroxylation is 1. The highest BCUT2D eigenvalue weighted by molar-refractivity contribution is 7.22. The fraction of sp³-hybridized carbons (Fsp3) is 0.176. The van der Waals surface area contributed by atoms with Crippen molar-refractivity contribution in [1.29, 1.82) is 0 Å². The van der Waals surface area contributed by atoms with Gasteiger partial charge in [0, 0.05) is 19.3 Å². The number of fused-ring (bicyclic) bond motifs is 2. The number of nitrogens with zero attached hydrogens (tertiary/aromatic N) is 4. The molecule has 0 spiro atoms. The number of esters is 1. The van der Waals surface area contributed by atoms with Crippen LogP contribution >= 0.6 is 11.3 Å². The molecule has 1 N–H and O–H groups in total. The van der Waals surface area contributed by atoms with Crippen LogP contribution in [0.25, 0.3) is 21.4 Å². The zero-order valence-corrected chi connectivity index (χ0v) is 15.8. The number of anilines is 2. The zero-order chi connectivity index (χ0) is 20.8. The smallest absolute Gasteiger partial charge is 0.465 e. The molecular weight excluding hydrogens is 411 g/mol. The average molecular weight is 423 g/mol. The van der Waals surface area contributed by atoms with Crippen molar-refractivity contribution in [3.05, 3.63) is 36.0 Å². The van der Waals surface area contributed by atoms with Crippen LogP contribution in [0.3, 0.4) is 0 Å². The number of halogens is 3. The molecule has 12 heteroatoms. The maximum Gasteiger partial charge on any atom is 0.573 e. The normalized spacial score (nSPS) is 11.8. The predicted molar refractivity (Wildman–Crippen MR) is 99.4 cm³/mol. The van der Waals surface area contributed by atoms with Gasteiger partial charge in [-0.3, -0.25) is 4.57 Å². The van der Waals surface area contributed by atoms with Crippen LogP contribution in [0.1, 0.15) is 10.4 Å². The van der Waals surface area contributed by atoms with Crippen LogP contribution in [-0.4, -0.2) is 39.0 Å². The molecular formula is C17H12F3N5O3S. The van der Waals surface area contributed by atoms with Crippen molar-refractivity contribution in [2.24, 2.45) is 7.05 Å². The summed E-state index contributed by atoms with van der Waals surface area (Å²) in [6.45, 7) is 0. The van der Waals surface area contributed by atoms with Gasteiger partial charge in [-0.15, -0.1) is 13.2 Å². The lowest BCUT2D eigenvalue weighted by Crippen LogP contribution is -2.16. The molecule has 4 rings (SSSR count). The third-order valence-corrected chi connectivity index (χ3v) is 4.88. The topological polar surface area (TPSA) is 91.2 Å². The number of thiazole rings is 1. The third kappa shape index (κ3) is 3.78. The molecule has 4 aromatic rings.